The van der Waals surface area contributed by atoms with E-state index in [1.165, 1.54) is 0 Å². The average molecular weight is 402 g/mol. The maximum atomic E-state index is 12.9. The molecule has 0 saturated heterocycles. The number of hydrogen-bond acceptors (Lipinski definition) is 7. The number of carbonyl (C=O) groups is 1. The van der Waals surface area contributed by atoms with Crippen LogP contribution in [-0.4, -0.2) is 36.5 Å². The first-order valence-electron chi connectivity index (χ1n) is 10.4. The minimum Gasteiger partial charge on any atom is -0.345 e. The van der Waals surface area contributed by atoms with Crippen LogP contribution in [0, 0.1) is 18.3 Å². The zero-order valence-electron chi connectivity index (χ0n) is 16.7. The molecule has 7 rings (SSSR count). The predicted molar refractivity (Wildman–Crippen MR) is 106 cm³/mol. The van der Waals surface area contributed by atoms with Gasteiger partial charge in [-0.25, -0.2) is 9.97 Å². The summed E-state index contributed by atoms with van der Waals surface area (Å²) in [5.74, 6) is 2.51. The van der Waals surface area contributed by atoms with Gasteiger partial charge in [0, 0.05) is 35.6 Å². The van der Waals surface area contributed by atoms with Gasteiger partial charge in [-0.05, 0) is 68.6 Å². The lowest BCUT2D eigenvalue weighted by Gasteiger charge is -2.37. The Morgan fingerprint density at radius 3 is 2.90 bits per heavy atom. The monoisotopic (exact) mass is 402 g/mol. The minimum absolute atomic E-state index is 0.122. The largest absolute Gasteiger partial charge is 0.345 e. The van der Waals surface area contributed by atoms with Crippen molar-refractivity contribution in [2.24, 2.45) is 11.3 Å². The average Bonchev–Trinajstić information content (AvgIpc) is 3.16. The Hall–Kier alpha value is -3.16. The molecule has 2 unspecified atom stereocenters. The van der Waals surface area contributed by atoms with Crippen LogP contribution < -0.4 is 5.32 Å². The highest BCUT2D eigenvalue weighted by Gasteiger charge is 2.74. The van der Waals surface area contributed by atoms with E-state index < -0.39 is 0 Å². The second-order valence-electron chi connectivity index (χ2n) is 9.09. The zero-order valence-corrected chi connectivity index (χ0v) is 16.7. The van der Waals surface area contributed by atoms with Gasteiger partial charge < -0.3 is 9.84 Å². The molecule has 4 aliphatic rings. The third-order valence-corrected chi connectivity index (χ3v) is 7.17. The topological polar surface area (TPSA) is 107 Å². The molecule has 4 saturated carbocycles. The van der Waals surface area contributed by atoms with Gasteiger partial charge in [-0.3, -0.25) is 9.78 Å². The molecule has 152 valence electrons. The predicted octanol–water partition coefficient (Wildman–Crippen LogP) is 3.08. The number of fused-ring (bicyclic) bond motifs is 2. The Kier molecular flexibility index (Phi) is 3.63. The van der Waals surface area contributed by atoms with Crippen molar-refractivity contribution in [2.45, 2.75) is 50.5 Å². The first kappa shape index (κ1) is 17.7. The molecule has 3 aromatic rings. The van der Waals surface area contributed by atoms with Crippen molar-refractivity contribution >= 4 is 5.91 Å². The quantitative estimate of drug-likeness (QED) is 0.715. The molecule has 3 aromatic heterocycles. The first-order valence-corrected chi connectivity index (χ1v) is 10.4. The summed E-state index contributed by atoms with van der Waals surface area (Å²) in [7, 11) is 0. The summed E-state index contributed by atoms with van der Waals surface area (Å²) in [6.45, 7) is 1.79. The Balaban J connectivity index is 1.26. The molecule has 1 N–H and O–H groups in total. The Labute approximate surface area is 173 Å². The van der Waals surface area contributed by atoms with Gasteiger partial charge in [0.05, 0.1) is 0 Å². The molecule has 0 aliphatic heterocycles. The molecule has 1 amide bonds. The van der Waals surface area contributed by atoms with Gasteiger partial charge in [0.2, 0.25) is 11.7 Å². The fourth-order valence-corrected chi connectivity index (χ4v) is 5.77. The van der Waals surface area contributed by atoms with Gasteiger partial charge in [0.1, 0.15) is 11.5 Å². The van der Waals surface area contributed by atoms with Crippen molar-refractivity contribution in [3.05, 3.63) is 54.2 Å². The molecule has 2 bridgehead atoms. The SMILES string of the molecule is Cc1nccc(C(=O)NC23CC(c4nc(-c5cccnc5)no4)CC4CC2(C4)C3)n1. The van der Waals surface area contributed by atoms with Crippen LogP contribution in [-0.2, 0) is 0 Å². The van der Waals surface area contributed by atoms with Crippen LogP contribution in [0.3, 0.4) is 0 Å². The molecule has 0 radical (unpaired) electrons. The van der Waals surface area contributed by atoms with Crippen LogP contribution in [0.1, 0.15) is 60.2 Å². The number of aryl methyl sites for hydroxylation is 1. The number of rotatable bonds is 4. The summed E-state index contributed by atoms with van der Waals surface area (Å²) in [4.78, 5) is 30.1. The molecule has 0 aromatic carbocycles. The molecule has 30 heavy (non-hydrogen) atoms. The lowest BCUT2D eigenvalue weighted by molar-refractivity contribution is 0.0874. The van der Waals surface area contributed by atoms with Crippen molar-refractivity contribution < 1.29 is 9.32 Å². The van der Waals surface area contributed by atoms with E-state index in [-0.39, 0.29) is 22.8 Å². The minimum atomic E-state index is -0.205. The fraction of sp³-hybridized carbons (Fsp3) is 0.455. The van der Waals surface area contributed by atoms with Gasteiger partial charge in [-0.2, -0.15) is 4.98 Å². The zero-order chi connectivity index (χ0) is 20.3. The second kappa shape index (κ2) is 6.17. The summed E-state index contributed by atoms with van der Waals surface area (Å²) in [6.07, 6.45) is 10.3. The third-order valence-electron chi connectivity index (χ3n) is 7.17. The summed E-state index contributed by atoms with van der Waals surface area (Å²) < 4.78 is 5.67. The lowest BCUT2D eigenvalue weighted by atomic mass is 9.69. The molecule has 2 atom stereocenters. The van der Waals surface area contributed by atoms with Crippen molar-refractivity contribution in [2.75, 3.05) is 0 Å². The maximum absolute atomic E-state index is 12.9. The highest BCUT2D eigenvalue weighted by Crippen LogP contribution is 2.75. The normalized spacial score (nSPS) is 31.2. The molecular formula is C22H22N6O2. The van der Waals surface area contributed by atoms with Crippen molar-refractivity contribution in [1.82, 2.24) is 30.4 Å². The van der Waals surface area contributed by atoms with Crippen molar-refractivity contribution in [1.29, 1.82) is 0 Å². The van der Waals surface area contributed by atoms with Gasteiger partial charge in [0.25, 0.3) is 5.91 Å². The molecule has 3 heterocycles. The van der Waals surface area contributed by atoms with Crippen molar-refractivity contribution in [3.63, 3.8) is 0 Å². The van der Waals surface area contributed by atoms with E-state index in [9.17, 15) is 4.79 Å². The van der Waals surface area contributed by atoms with Crippen LogP contribution >= 0.6 is 0 Å². The number of nitrogens with one attached hydrogen (secondary N) is 1. The Bertz CT molecular complexity index is 1120. The van der Waals surface area contributed by atoms with E-state index in [0.717, 1.165) is 37.7 Å². The van der Waals surface area contributed by atoms with E-state index >= 15 is 0 Å². The van der Waals surface area contributed by atoms with Crippen LogP contribution in [0.15, 0.2) is 41.3 Å². The molecule has 8 heteroatoms. The number of hydrogen-bond donors (Lipinski definition) is 1. The maximum Gasteiger partial charge on any atom is 0.270 e. The number of nitrogens with zero attached hydrogens (tertiary/aromatic N) is 5. The Morgan fingerprint density at radius 1 is 1.20 bits per heavy atom. The molecule has 8 nitrogen and oxygen atoms in total. The summed E-state index contributed by atoms with van der Waals surface area (Å²) >= 11 is 0. The molecule has 1 spiro atoms. The molecule has 4 aliphatic carbocycles. The number of aromatic nitrogens is 5. The summed E-state index contributed by atoms with van der Waals surface area (Å²) in [6, 6.07) is 5.45. The van der Waals surface area contributed by atoms with Gasteiger partial charge in [-0.1, -0.05) is 5.16 Å². The highest BCUT2D eigenvalue weighted by atomic mass is 16.5. The van der Waals surface area contributed by atoms with Gasteiger partial charge in [0.15, 0.2) is 0 Å². The van der Waals surface area contributed by atoms with E-state index in [0.29, 0.717) is 29.2 Å². The molecule has 4 fully saturated rings. The standard InChI is InChI=1S/C22H22N6O2/c1-13-24-6-4-17(25-13)19(29)27-22-10-16(7-14-8-21(22,9-14)12-22)20-26-18(28-30-20)15-3-2-5-23-11-15/h2-6,11,14,16H,7-10,12H2,1H3,(H,27,29). The summed E-state index contributed by atoms with van der Waals surface area (Å²) in [5.41, 5.74) is 1.29. The van der Waals surface area contributed by atoms with Gasteiger partial charge in [-0.15, -0.1) is 0 Å². The fourth-order valence-electron chi connectivity index (χ4n) is 5.77. The van der Waals surface area contributed by atoms with Crippen LogP contribution in [0.4, 0.5) is 0 Å². The van der Waals surface area contributed by atoms with Crippen LogP contribution in [0.25, 0.3) is 11.4 Å². The Morgan fingerprint density at radius 2 is 2.10 bits per heavy atom. The van der Waals surface area contributed by atoms with Gasteiger partial charge >= 0.3 is 0 Å². The van der Waals surface area contributed by atoms with E-state index in [1.54, 1.807) is 31.6 Å². The molecular weight excluding hydrogens is 380 g/mol. The second-order valence-corrected chi connectivity index (χ2v) is 9.09. The van der Waals surface area contributed by atoms with Crippen LogP contribution in [0.2, 0.25) is 0 Å². The number of amides is 1. The van der Waals surface area contributed by atoms with Crippen molar-refractivity contribution in [3.8, 4) is 11.4 Å². The smallest absolute Gasteiger partial charge is 0.270 e. The van der Waals surface area contributed by atoms with E-state index in [1.807, 2.05) is 12.1 Å². The first-order chi connectivity index (χ1) is 14.6. The highest BCUT2D eigenvalue weighted by molar-refractivity contribution is 5.93. The summed E-state index contributed by atoms with van der Waals surface area (Å²) in [5, 5.41) is 7.52. The van der Waals surface area contributed by atoms with E-state index in [2.05, 4.69) is 30.4 Å². The number of carbonyl (C=O) groups excluding carboxylic acids is 1. The van der Waals surface area contributed by atoms with Crippen LogP contribution in [0.5, 0.6) is 0 Å². The third kappa shape index (κ3) is 2.66. The van der Waals surface area contributed by atoms with E-state index in [4.69, 9.17) is 4.52 Å². The lowest BCUT2D eigenvalue weighted by Crippen LogP contribution is -2.44. The number of pyridine rings is 1.